The molecule has 1 amide bonds. The number of hydrogen-bond acceptors (Lipinski definition) is 6. The van der Waals surface area contributed by atoms with Crippen molar-refractivity contribution in [3.05, 3.63) is 51.3 Å². The largest absolute Gasteiger partial charge is 0.374 e. The number of nitrogens with zero attached hydrogens (tertiary/aromatic N) is 3. The highest BCUT2D eigenvalue weighted by atomic mass is 32.1. The zero-order valence-corrected chi connectivity index (χ0v) is 14.3. The highest BCUT2D eigenvalue weighted by molar-refractivity contribution is 7.15. The molecule has 3 rings (SSSR count). The van der Waals surface area contributed by atoms with E-state index in [-0.39, 0.29) is 11.0 Å². The van der Waals surface area contributed by atoms with Gasteiger partial charge in [0.1, 0.15) is 10.6 Å². The van der Waals surface area contributed by atoms with Crippen LogP contribution in [0.4, 0.5) is 5.13 Å². The Kier molecular flexibility index (Phi) is 3.84. The van der Waals surface area contributed by atoms with Crippen LogP contribution in [0.5, 0.6) is 0 Å². The molecule has 2 aromatic heterocycles. The van der Waals surface area contributed by atoms with E-state index < -0.39 is 11.4 Å². The number of carbonyl (C=O) groups is 1. The number of anilines is 1. The Bertz CT molecular complexity index is 990. The molecule has 7 nitrogen and oxygen atoms in total. The summed E-state index contributed by atoms with van der Waals surface area (Å²) in [5.41, 5.74) is 5.37. The number of benzene rings is 1. The molecule has 24 heavy (non-hydrogen) atoms. The number of aryl methyl sites for hydroxylation is 1. The van der Waals surface area contributed by atoms with Crippen LogP contribution in [0.25, 0.3) is 10.9 Å². The molecule has 8 heteroatoms. The minimum Gasteiger partial charge on any atom is -0.374 e. The van der Waals surface area contributed by atoms with E-state index in [1.807, 2.05) is 12.1 Å². The Hall–Kier alpha value is -2.74. The Labute approximate surface area is 142 Å². The predicted molar refractivity (Wildman–Crippen MR) is 94.0 cm³/mol. The van der Waals surface area contributed by atoms with Gasteiger partial charge >= 0.3 is 0 Å². The lowest BCUT2D eigenvalue weighted by atomic mass is 10.1. The van der Waals surface area contributed by atoms with Crippen LogP contribution in [-0.4, -0.2) is 20.7 Å². The van der Waals surface area contributed by atoms with E-state index in [1.54, 1.807) is 43.8 Å². The molecule has 2 heterocycles. The zero-order chi connectivity index (χ0) is 17.5. The molecule has 0 fully saturated rings. The number of rotatable bonds is 3. The van der Waals surface area contributed by atoms with Crippen LogP contribution in [0.2, 0.25) is 0 Å². The van der Waals surface area contributed by atoms with E-state index >= 15 is 0 Å². The number of nitrogens with two attached hydrogens (primary N) is 1. The van der Waals surface area contributed by atoms with E-state index in [4.69, 9.17) is 5.73 Å². The van der Waals surface area contributed by atoms with Gasteiger partial charge in [-0.2, -0.15) is 0 Å². The fraction of sp³-hybridized carbons (Fsp3) is 0.250. The van der Waals surface area contributed by atoms with Gasteiger partial charge in [-0.05, 0) is 26.0 Å². The Morgan fingerprint density at radius 3 is 2.67 bits per heavy atom. The standard InChI is InChI=1S/C16H17N5O2S/c1-16(2,14-19-20-15(17)24-14)18-13(23)10-8-21(3)11-7-5-4-6-9(11)12(10)22/h4-8H,1-3H3,(H2,17,20)(H,18,23). The SMILES string of the molecule is Cn1cc(C(=O)NC(C)(C)c2nnc(N)s2)c(=O)c2ccccc21. The predicted octanol–water partition coefficient (Wildman–Crippen LogP) is 1.64. The third kappa shape index (κ3) is 2.76. The van der Waals surface area contributed by atoms with Crippen LogP contribution in [-0.2, 0) is 12.6 Å². The van der Waals surface area contributed by atoms with Gasteiger partial charge in [-0.1, -0.05) is 23.5 Å². The molecule has 0 aliphatic carbocycles. The van der Waals surface area contributed by atoms with Crippen LogP contribution >= 0.6 is 11.3 Å². The summed E-state index contributed by atoms with van der Waals surface area (Å²) in [4.78, 5) is 25.3. The summed E-state index contributed by atoms with van der Waals surface area (Å²) in [6.45, 7) is 3.58. The number of carbonyl (C=O) groups excluding carboxylic acids is 1. The summed E-state index contributed by atoms with van der Waals surface area (Å²) in [6.07, 6.45) is 1.55. The number of amides is 1. The fourth-order valence-electron chi connectivity index (χ4n) is 2.49. The average molecular weight is 343 g/mol. The molecule has 0 aliphatic rings. The zero-order valence-electron chi connectivity index (χ0n) is 13.5. The van der Waals surface area contributed by atoms with E-state index in [9.17, 15) is 9.59 Å². The van der Waals surface area contributed by atoms with E-state index in [0.717, 1.165) is 5.52 Å². The van der Waals surface area contributed by atoms with Gasteiger partial charge in [0.05, 0.1) is 11.1 Å². The summed E-state index contributed by atoms with van der Waals surface area (Å²) in [6, 6.07) is 7.18. The van der Waals surface area contributed by atoms with Gasteiger partial charge in [0.25, 0.3) is 5.91 Å². The number of para-hydroxylation sites is 1. The van der Waals surface area contributed by atoms with Crippen molar-refractivity contribution in [2.45, 2.75) is 19.4 Å². The van der Waals surface area contributed by atoms with Crippen LogP contribution in [0, 0.1) is 0 Å². The lowest BCUT2D eigenvalue weighted by Gasteiger charge is -2.23. The molecule has 0 saturated heterocycles. The maximum absolute atomic E-state index is 12.7. The lowest BCUT2D eigenvalue weighted by Crippen LogP contribution is -2.42. The molecule has 0 radical (unpaired) electrons. The molecule has 0 aliphatic heterocycles. The second-order valence-electron chi connectivity index (χ2n) is 6.02. The maximum Gasteiger partial charge on any atom is 0.257 e. The van der Waals surface area contributed by atoms with Crippen LogP contribution in [0.1, 0.15) is 29.2 Å². The van der Waals surface area contributed by atoms with Crippen LogP contribution in [0.15, 0.2) is 35.3 Å². The first-order chi connectivity index (χ1) is 11.3. The average Bonchev–Trinajstić information content (AvgIpc) is 2.98. The van der Waals surface area contributed by atoms with Gasteiger partial charge in [-0.25, -0.2) is 0 Å². The van der Waals surface area contributed by atoms with Crippen molar-refractivity contribution in [1.29, 1.82) is 0 Å². The normalized spacial score (nSPS) is 11.6. The summed E-state index contributed by atoms with van der Waals surface area (Å²) in [5, 5.41) is 12.0. The summed E-state index contributed by atoms with van der Waals surface area (Å²) in [7, 11) is 1.80. The highest BCUT2D eigenvalue weighted by Gasteiger charge is 2.28. The molecule has 0 bridgehead atoms. The first-order valence-electron chi connectivity index (χ1n) is 7.30. The molecule has 0 spiro atoms. The summed E-state index contributed by atoms with van der Waals surface area (Å²) in [5.74, 6) is -0.458. The van der Waals surface area contributed by atoms with Gasteiger partial charge in [0.15, 0.2) is 0 Å². The molecule has 124 valence electrons. The Balaban J connectivity index is 2.00. The molecular formula is C16H17N5O2S. The van der Waals surface area contributed by atoms with E-state index in [1.165, 1.54) is 11.3 Å². The minimum atomic E-state index is -0.789. The quantitative estimate of drug-likeness (QED) is 0.752. The lowest BCUT2D eigenvalue weighted by molar-refractivity contribution is 0.0910. The first kappa shape index (κ1) is 16.1. The molecule has 1 aromatic carbocycles. The van der Waals surface area contributed by atoms with Gasteiger partial charge in [-0.3, -0.25) is 9.59 Å². The van der Waals surface area contributed by atoms with Gasteiger partial charge in [0, 0.05) is 18.6 Å². The van der Waals surface area contributed by atoms with Gasteiger partial charge < -0.3 is 15.6 Å². The molecule has 0 unspecified atom stereocenters. The first-order valence-corrected chi connectivity index (χ1v) is 8.11. The number of nitrogen functional groups attached to an aromatic ring is 1. The topological polar surface area (TPSA) is 103 Å². The van der Waals surface area contributed by atoms with Gasteiger partial charge in [-0.15, -0.1) is 10.2 Å². The van der Waals surface area contributed by atoms with E-state index in [2.05, 4.69) is 15.5 Å². The van der Waals surface area contributed by atoms with Crippen molar-refractivity contribution >= 4 is 33.3 Å². The maximum atomic E-state index is 12.7. The van der Waals surface area contributed by atoms with Crippen LogP contribution < -0.4 is 16.5 Å². The van der Waals surface area contributed by atoms with Crippen molar-refractivity contribution in [3.63, 3.8) is 0 Å². The highest BCUT2D eigenvalue weighted by Crippen LogP contribution is 2.25. The number of fused-ring (bicyclic) bond motifs is 1. The van der Waals surface area contributed by atoms with E-state index in [0.29, 0.717) is 15.5 Å². The minimum absolute atomic E-state index is 0.0850. The molecule has 3 N–H and O–H groups in total. The van der Waals surface area contributed by atoms with Crippen molar-refractivity contribution in [1.82, 2.24) is 20.1 Å². The summed E-state index contributed by atoms with van der Waals surface area (Å²) < 4.78 is 1.77. The number of pyridine rings is 1. The third-order valence-corrected chi connectivity index (χ3v) is 4.82. The Morgan fingerprint density at radius 1 is 1.29 bits per heavy atom. The molecular weight excluding hydrogens is 326 g/mol. The fourth-order valence-corrected chi connectivity index (χ4v) is 3.16. The summed E-state index contributed by atoms with van der Waals surface area (Å²) >= 11 is 1.20. The monoisotopic (exact) mass is 343 g/mol. The third-order valence-electron chi connectivity index (χ3n) is 3.74. The van der Waals surface area contributed by atoms with Crippen molar-refractivity contribution in [2.75, 3.05) is 5.73 Å². The second kappa shape index (κ2) is 5.72. The van der Waals surface area contributed by atoms with Gasteiger partial charge in [0.2, 0.25) is 10.6 Å². The number of nitrogens with one attached hydrogen (secondary N) is 1. The van der Waals surface area contributed by atoms with Crippen molar-refractivity contribution in [3.8, 4) is 0 Å². The van der Waals surface area contributed by atoms with Crippen LogP contribution in [0.3, 0.4) is 0 Å². The second-order valence-corrected chi connectivity index (χ2v) is 7.03. The molecule has 0 atom stereocenters. The number of hydrogen-bond donors (Lipinski definition) is 2. The molecule has 0 saturated carbocycles. The smallest absolute Gasteiger partial charge is 0.257 e. The molecule has 3 aromatic rings. The van der Waals surface area contributed by atoms with Crippen molar-refractivity contribution in [2.24, 2.45) is 7.05 Å². The Morgan fingerprint density at radius 2 is 2.00 bits per heavy atom. The van der Waals surface area contributed by atoms with Crippen molar-refractivity contribution < 1.29 is 4.79 Å². The number of aromatic nitrogens is 3.